The summed E-state index contributed by atoms with van der Waals surface area (Å²) in [6, 6.07) is 10.8. The molecule has 0 radical (unpaired) electrons. The van der Waals surface area contributed by atoms with E-state index in [1.807, 2.05) is 0 Å². The molecule has 0 aliphatic heterocycles. The lowest BCUT2D eigenvalue weighted by Crippen LogP contribution is -1.98. The lowest BCUT2D eigenvalue weighted by Gasteiger charge is -2.17. The topological polar surface area (TPSA) is 0 Å². The maximum absolute atomic E-state index is 2.46. The first-order valence-electron chi connectivity index (χ1n) is 6.78. The Hall–Kier alpha value is -1.30. The number of hydrogen-bond acceptors (Lipinski definition) is 0. The smallest absolute Gasteiger partial charge is 0.0244 e. The number of aryl methyl sites for hydroxylation is 1. The lowest BCUT2D eigenvalue weighted by atomic mass is 9.88. The molecule has 0 bridgehead atoms. The van der Waals surface area contributed by atoms with Crippen LogP contribution in [0.15, 0.2) is 53.6 Å². The second-order valence-electron chi connectivity index (χ2n) is 4.77. The van der Waals surface area contributed by atoms with Gasteiger partial charge in [0.1, 0.15) is 0 Å². The number of benzene rings is 1. The first-order chi connectivity index (χ1) is 8.40. The van der Waals surface area contributed by atoms with Crippen LogP contribution < -0.4 is 0 Å². The Kier molecular flexibility index (Phi) is 4.61. The van der Waals surface area contributed by atoms with Crippen LogP contribution in [0.4, 0.5) is 0 Å². The number of allylic oxidation sites excluding steroid dienone is 4. The van der Waals surface area contributed by atoms with E-state index in [1.165, 1.54) is 44.1 Å². The fourth-order valence-corrected chi connectivity index (χ4v) is 2.57. The first kappa shape index (κ1) is 12.2. The van der Waals surface area contributed by atoms with Gasteiger partial charge in [-0.25, -0.2) is 0 Å². The highest BCUT2D eigenvalue weighted by molar-refractivity contribution is 5.32. The molecule has 0 aromatic heterocycles. The van der Waals surface area contributed by atoms with Crippen molar-refractivity contribution in [1.29, 1.82) is 0 Å². The van der Waals surface area contributed by atoms with Crippen LogP contribution in [0, 0.1) is 0 Å². The van der Waals surface area contributed by atoms with Gasteiger partial charge in [-0.1, -0.05) is 42.5 Å². The van der Waals surface area contributed by atoms with Crippen molar-refractivity contribution in [3.63, 3.8) is 0 Å². The van der Waals surface area contributed by atoms with E-state index in [1.54, 1.807) is 11.1 Å². The highest BCUT2D eigenvalue weighted by atomic mass is 14.1. The van der Waals surface area contributed by atoms with Crippen molar-refractivity contribution in [3.05, 3.63) is 59.2 Å². The Morgan fingerprint density at radius 3 is 2.41 bits per heavy atom. The summed E-state index contributed by atoms with van der Waals surface area (Å²) in [5.41, 5.74) is 4.64. The van der Waals surface area contributed by atoms with Gasteiger partial charge in [0, 0.05) is 0 Å². The van der Waals surface area contributed by atoms with Crippen molar-refractivity contribution >= 4 is 0 Å². The summed E-state index contributed by atoms with van der Waals surface area (Å²) in [7, 11) is 0. The van der Waals surface area contributed by atoms with E-state index in [-0.39, 0.29) is 0 Å². The van der Waals surface area contributed by atoms with E-state index in [0.29, 0.717) is 0 Å². The third-order valence-corrected chi connectivity index (χ3v) is 3.57. The van der Waals surface area contributed by atoms with Crippen LogP contribution in [0.5, 0.6) is 0 Å². The summed E-state index contributed by atoms with van der Waals surface area (Å²) in [5, 5.41) is 0. The highest BCUT2D eigenvalue weighted by Crippen LogP contribution is 2.28. The lowest BCUT2D eigenvalue weighted by molar-refractivity contribution is 0.674. The molecule has 1 saturated carbocycles. The highest BCUT2D eigenvalue weighted by Gasteiger charge is 2.09. The minimum Gasteiger partial charge on any atom is -0.0842 e. The molecule has 0 saturated heterocycles. The van der Waals surface area contributed by atoms with Crippen LogP contribution in [-0.2, 0) is 6.42 Å². The van der Waals surface area contributed by atoms with Crippen LogP contribution in [0.1, 0.15) is 44.6 Å². The molecule has 90 valence electrons. The SMILES string of the molecule is C/C=C1\CCCC\C1=C/CCc1ccccc1. The summed E-state index contributed by atoms with van der Waals surface area (Å²) in [6.45, 7) is 2.17. The number of hydrogen-bond donors (Lipinski definition) is 0. The zero-order valence-electron chi connectivity index (χ0n) is 10.8. The Labute approximate surface area is 105 Å². The molecule has 0 N–H and O–H groups in total. The molecule has 0 unspecified atom stereocenters. The normalized spacial score (nSPS) is 21.0. The minimum absolute atomic E-state index is 1.17. The summed E-state index contributed by atoms with van der Waals surface area (Å²) < 4.78 is 0. The van der Waals surface area contributed by atoms with Gasteiger partial charge in [-0.15, -0.1) is 0 Å². The standard InChI is InChI=1S/C17H22/c1-2-16-12-6-7-13-17(16)14-8-11-15-9-4-3-5-10-15/h2-5,9-10,14H,6-8,11-13H2,1H3/b16-2+,17-14+. The molecule has 1 fully saturated rings. The summed E-state index contributed by atoms with van der Waals surface area (Å²) >= 11 is 0. The van der Waals surface area contributed by atoms with Gasteiger partial charge in [0.2, 0.25) is 0 Å². The largest absolute Gasteiger partial charge is 0.0842 e. The van der Waals surface area contributed by atoms with E-state index < -0.39 is 0 Å². The van der Waals surface area contributed by atoms with Gasteiger partial charge < -0.3 is 0 Å². The molecule has 2 rings (SSSR count). The van der Waals surface area contributed by atoms with Crippen LogP contribution in [0.3, 0.4) is 0 Å². The molecule has 0 heterocycles. The number of rotatable bonds is 3. The van der Waals surface area contributed by atoms with Gasteiger partial charge >= 0.3 is 0 Å². The molecule has 0 nitrogen and oxygen atoms in total. The molecule has 0 atom stereocenters. The fourth-order valence-electron chi connectivity index (χ4n) is 2.57. The monoisotopic (exact) mass is 226 g/mol. The molecule has 1 aromatic carbocycles. The summed E-state index contributed by atoms with van der Waals surface area (Å²) in [6.07, 6.45) is 12.4. The van der Waals surface area contributed by atoms with Gasteiger partial charge in [-0.05, 0) is 62.2 Å². The fraction of sp³-hybridized carbons (Fsp3) is 0.412. The minimum atomic E-state index is 1.17. The zero-order valence-corrected chi connectivity index (χ0v) is 10.8. The third kappa shape index (κ3) is 3.59. The van der Waals surface area contributed by atoms with Gasteiger partial charge in [-0.2, -0.15) is 0 Å². The summed E-state index contributed by atoms with van der Waals surface area (Å²) in [5.74, 6) is 0. The molecule has 0 heteroatoms. The van der Waals surface area contributed by atoms with Crippen LogP contribution in [-0.4, -0.2) is 0 Å². The van der Waals surface area contributed by atoms with Crippen molar-refractivity contribution in [2.75, 3.05) is 0 Å². The van der Waals surface area contributed by atoms with E-state index in [9.17, 15) is 0 Å². The molecule has 0 amide bonds. The zero-order chi connectivity index (χ0) is 11.9. The predicted octanol–water partition coefficient (Wildman–Crippen LogP) is 5.07. The quantitative estimate of drug-likeness (QED) is 0.675. The second kappa shape index (κ2) is 6.44. The van der Waals surface area contributed by atoms with E-state index in [0.717, 1.165) is 0 Å². The van der Waals surface area contributed by atoms with Gasteiger partial charge in [0.25, 0.3) is 0 Å². The molecule has 0 spiro atoms. The average molecular weight is 226 g/mol. The van der Waals surface area contributed by atoms with Crippen molar-refractivity contribution in [1.82, 2.24) is 0 Å². The maximum Gasteiger partial charge on any atom is -0.0244 e. The Morgan fingerprint density at radius 1 is 1.00 bits per heavy atom. The van der Waals surface area contributed by atoms with Crippen molar-refractivity contribution in [2.45, 2.75) is 45.4 Å². The molecule has 1 aromatic rings. The van der Waals surface area contributed by atoms with E-state index in [2.05, 4.69) is 49.4 Å². The molecular weight excluding hydrogens is 204 g/mol. The Balaban J connectivity index is 1.91. The van der Waals surface area contributed by atoms with E-state index >= 15 is 0 Å². The molecule has 1 aliphatic carbocycles. The van der Waals surface area contributed by atoms with Gasteiger partial charge in [-0.3, -0.25) is 0 Å². The third-order valence-electron chi connectivity index (χ3n) is 3.57. The molecule has 1 aliphatic rings. The Bertz CT molecular complexity index is 395. The predicted molar refractivity (Wildman–Crippen MR) is 75.1 cm³/mol. The Morgan fingerprint density at radius 2 is 1.71 bits per heavy atom. The van der Waals surface area contributed by atoms with Gasteiger partial charge in [0.15, 0.2) is 0 Å². The van der Waals surface area contributed by atoms with Crippen molar-refractivity contribution in [2.24, 2.45) is 0 Å². The van der Waals surface area contributed by atoms with Crippen LogP contribution >= 0.6 is 0 Å². The van der Waals surface area contributed by atoms with Crippen LogP contribution in [0.2, 0.25) is 0 Å². The van der Waals surface area contributed by atoms with Crippen molar-refractivity contribution < 1.29 is 0 Å². The van der Waals surface area contributed by atoms with Gasteiger partial charge in [0.05, 0.1) is 0 Å². The molecular formula is C17H22. The first-order valence-corrected chi connectivity index (χ1v) is 6.78. The van der Waals surface area contributed by atoms with Crippen molar-refractivity contribution in [3.8, 4) is 0 Å². The van der Waals surface area contributed by atoms with E-state index in [4.69, 9.17) is 0 Å². The summed E-state index contributed by atoms with van der Waals surface area (Å²) in [4.78, 5) is 0. The second-order valence-corrected chi connectivity index (χ2v) is 4.77. The molecule has 17 heavy (non-hydrogen) atoms. The van der Waals surface area contributed by atoms with Crippen LogP contribution in [0.25, 0.3) is 0 Å². The average Bonchev–Trinajstić information content (AvgIpc) is 2.40. The maximum atomic E-state index is 2.46.